The van der Waals surface area contributed by atoms with Crippen LogP contribution in [-0.2, 0) is 4.79 Å². The molecular formula is C11H15N3O3. The van der Waals surface area contributed by atoms with Crippen LogP contribution < -0.4 is 21.5 Å². The fourth-order valence-corrected chi connectivity index (χ4v) is 1.27. The molecule has 1 aromatic rings. The molecule has 1 aromatic carbocycles. The summed E-state index contributed by atoms with van der Waals surface area (Å²) in [6.45, 7) is 1.50. The maximum atomic E-state index is 11.8. The highest BCUT2D eigenvalue weighted by molar-refractivity contribution is 6.02. The molecule has 0 aliphatic rings. The first-order valence-corrected chi connectivity index (χ1v) is 5.00. The van der Waals surface area contributed by atoms with Crippen molar-refractivity contribution < 1.29 is 14.3 Å². The molecule has 0 bridgehead atoms. The fourth-order valence-electron chi connectivity index (χ4n) is 1.27. The van der Waals surface area contributed by atoms with Crippen molar-refractivity contribution in [1.82, 2.24) is 5.32 Å². The van der Waals surface area contributed by atoms with Crippen LogP contribution in [0.2, 0.25) is 0 Å². The minimum atomic E-state index is -0.756. The molecule has 5 N–H and O–H groups in total. The summed E-state index contributed by atoms with van der Waals surface area (Å²) < 4.78 is 4.99. The third-order valence-electron chi connectivity index (χ3n) is 2.31. The van der Waals surface area contributed by atoms with Gasteiger partial charge in [-0.05, 0) is 19.1 Å². The maximum Gasteiger partial charge on any atom is 0.254 e. The Labute approximate surface area is 98.9 Å². The number of para-hydroxylation sites is 1. The first-order valence-electron chi connectivity index (χ1n) is 5.00. The molecule has 1 unspecified atom stereocenters. The van der Waals surface area contributed by atoms with E-state index >= 15 is 0 Å². The number of primary amides is 1. The van der Waals surface area contributed by atoms with Gasteiger partial charge in [-0.1, -0.05) is 6.07 Å². The normalized spacial score (nSPS) is 11.6. The van der Waals surface area contributed by atoms with E-state index in [1.165, 1.54) is 14.0 Å². The molecule has 6 heteroatoms. The number of ether oxygens (including phenoxy) is 1. The summed E-state index contributed by atoms with van der Waals surface area (Å²) in [5.41, 5.74) is 11.3. The molecule has 0 saturated heterocycles. The summed E-state index contributed by atoms with van der Waals surface area (Å²) in [5, 5.41) is 2.44. The van der Waals surface area contributed by atoms with Crippen molar-refractivity contribution in [3.05, 3.63) is 23.8 Å². The molecule has 0 aliphatic heterocycles. The third-order valence-corrected chi connectivity index (χ3v) is 2.31. The van der Waals surface area contributed by atoms with Gasteiger partial charge in [-0.3, -0.25) is 9.59 Å². The van der Waals surface area contributed by atoms with E-state index in [-0.39, 0.29) is 11.3 Å². The van der Waals surface area contributed by atoms with Crippen molar-refractivity contribution in [3.63, 3.8) is 0 Å². The molecule has 0 aromatic heterocycles. The Kier molecular flexibility index (Phi) is 3.92. The summed E-state index contributed by atoms with van der Waals surface area (Å²) in [6.07, 6.45) is 0. The predicted octanol–water partition coefficient (Wildman–Crippen LogP) is -0.119. The molecule has 92 valence electrons. The number of rotatable bonds is 4. The van der Waals surface area contributed by atoms with Gasteiger partial charge in [0.2, 0.25) is 5.91 Å². The molecule has 6 nitrogen and oxygen atoms in total. The smallest absolute Gasteiger partial charge is 0.254 e. The lowest BCUT2D eigenvalue weighted by Gasteiger charge is -2.13. The van der Waals surface area contributed by atoms with Crippen LogP contribution in [0.4, 0.5) is 5.69 Å². The Hall–Kier alpha value is -2.24. The summed E-state index contributed by atoms with van der Waals surface area (Å²) in [4.78, 5) is 22.6. The number of methoxy groups -OCH3 is 1. The van der Waals surface area contributed by atoms with Gasteiger partial charge < -0.3 is 21.5 Å². The van der Waals surface area contributed by atoms with E-state index in [0.29, 0.717) is 5.75 Å². The van der Waals surface area contributed by atoms with Crippen molar-refractivity contribution in [1.29, 1.82) is 0 Å². The van der Waals surface area contributed by atoms with Gasteiger partial charge in [-0.15, -0.1) is 0 Å². The van der Waals surface area contributed by atoms with Crippen LogP contribution in [-0.4, -0.2) is 25.0 Å². The second kappa shape index (κ2) is 5.20. The molecule has 0 spiro atoms. The lowest BCUT2D eigenvalue weighted by molar-refractivity contribution is -0.119. The maximum absolute atomic E-state index is 11.8. The van der Waals surface area contributed by atoms with Crippen LogP contribution >= 0.6 is 0 Å². The zero-order chi connectivity index (χ0) is 13.0. The number of nitrogens with two attached hydrogens (primary N) is 2. The highest BCUT2D eigenvalue weighted by Gasteiger charge is 2.17. The lowest BCUT2D eigenvalue weighted by atomic mass is 10.1. The topological polar surface area (TPSA) is 107 Å². The molecule has 2 amide bonds. The van der Waals surface area contributed by atoms with Crippen LogP contribution in [0, 0.1) is 0 Å². The standard InChI is InChI=1S/C11H15N3O3/c1-6(10(13)15)14-11(16)7-4-3-5-8(17-2)9(7)12/h3-6H,12H2,1-2H3,(H2,13,15)(H,14,16). The highest BCUT2D eigenvalue weighted by Crippen LogP contribution is 2.24. The second-order valence-corrected chi connectivity index (χ2v) is 3.52. The van der Waals surface area contributed by atoms with Gasteiger partial charge >= 0.3 is 0 Å². The summed E-state index contributed by atoms with van der Waals surface area (Å²) in [5.74, 6) is -0.670. The van der Waals surface area contributed by atoms with E-state index in [9.17, 15) is 9.59 Å². The Bertz CT molecular complexity index is 446. The molecule has 1 rings (SSSR count). The molecule has 0 aliphatic carbocycles. The SMILES string of the molecule is COc1cccc(C(=O)NC(C)C(N)=O)c1N. The minimum Gasteiger partial charge on any atom is -0.495 e. The van der Waals surface area contributed by atoms with Crippen molar-refractivity contribution in [3.8, 4) is 5.75 Å². The Morgan fingerprint density at radius 3 is 2.59 bits per heavy atom. The molecule has 0 saturated carbocycles. The number of nitrogen functional groups attached to an aromatic ring is 1. The average Bonchev–Trinajstić information content (AvgIpc) is 2.28. The summed E-state index contributed by atoms with van der Waals surface area (Å²) in [7, 11) is 1.46. The summed E-state index contributed by atoms with van der Waals surface area (Å²) in [6, 6.07) is 4.07. The number of benzene rings is 1. The van der Waals surface area contributed by atoms with Crippen molar-refractivity contribution in [2.75, 3.05) is 12.8 Å². The van der Waals surface area contributed by atoms with Crippen LogP contribution in [0.5, 0.6) is 5.75 Å². The number of anilines is 1. The van der Waals surface area contributed by atoms with Gasteiger partial charge in [0.15, 0.2) is 0 Å². The van der Waals surface area contributed by atoms with Gasteiger partial charge in [0.25, 0.3) is 5.91 Å². The fraction of sp³-hybridized carbons (Fsp3) is 0.273. The number of carbonyl (C=O) groups excluding carboxylic acids is 2. The van der Waals surface area contributed by atoms with Crippen LogP contribution in [0.25, 0.3) is 0 Å². The van der Waals surface area contributed by atoms with Crippen molar-refractivity contribution in [2.24, 2.45) is 5.73 Å². The monoisotopic (exact) mass is 237 g/mol. The zero-order valence-corrected chi connectivity index (χ0v) is 9.69. The zero-order valence-electron chi connectivity index (χ0n) is 9.69. The first kappa shape index (κ1) is 12.8. The number of nitrogens with one attached hydrogen (secondary N) is 1. The van der Waals surface area contributed by atoms with Gasteiger partial charge in [0.05, 0.1) is 18.4 Å². The number of hydrogen-bond acceptors (Lipinski definition) is 4. The van der Waals surface area contributed by atoms with E-state index in [1.54, 1.807) is 18.2 Å². The second-order valence-electron chi connectivity index (χ2n) is 3.52. The largest absolute Gasteiger partial charge is 0.495 e. The molecule has 1 atom stereocenters. The number of amides is 2. The van der Waals surface area contributed by atoms with Gasteiger partial charge in [-0.2, -0.15) is 0 Å². The Morgan fingerprint density at radius 1 is 1.41 bits per heavy atom. The molecule has 17 heavy (non-hydrogen) atoms. The van der Waals surface area contributed by atoms with Gasteiger partial charge in [0, 0.05) is 0 Å². The summed E-state index contributed by atoms with van der Waals surface area (Å²) >= 11 is 0. The predicted molar refractivity (Wildman–Crippen MR) is 63.5 cm³/mol. The molecule has 0 fully saturated rings. The molecular weight excluding hydrogens is 222 g/mol. The van der Waals surface area contributed by atoms with Crippen molar-refractivity contribution in [2.45, 2.75) is 13.0 Å². The van der Waals surface area contributed by atoms with Crippen LogP contribution in [0.15, 0.2) is 18.2 Å². The quantitative estimate of drug-likeness (QED) is 0.634. The average molecular weight is 237 g/mol. The van der Waals surface area contributed by atoms with E-state index in [0.717, 1.165) is 0 Å². The Morgan fingerprint density at radius 2 is 2.06 bits per heavy atom. The highest BCUT2D eigenvalue weighted by atomic mass is 16.5. The third kappa shape index (κ3) is 2.87. The first-order chi connectivity index (χ1) is 7.97. The number of hydrogen-bond donors (Lipinski definition) is 3. The van der Waals surface area contributed by atoms with E-state index in [4.69, 9.17) is 16.2 Å². The van der Waals surface area contributed by atoms with Gasteiger partial charge in [0.1, 0.15) is 11.8 Å². The molecule has 0 radical (unpaired) electrons. The van der Waals surface area contributed by atoms with Gasteiger partial charge in [-0.25, -0.2) is 0 Å². The van der Waals surface area contributed by atoms with E-state index in [2.05, 4.69) is 5.32 Å². The number of carbonyl (C=O) groups is 2. The lowest BCUT2D eigenvalue weighted by Crippen LogP contribution is -2.42. The van der Waals surface area contributed by atoms with Crippen LogP contribution in [0.1, 0.15) is 17.3 Å². The molecule has 0 heterocycles. The van der Waals surface area contributed by atoms with Crippen LogP contribution in [0.3, 0.4) is 0 Å². The minimum absolute atomic E-state index is 0.226. The van der Waals surface area contributed by atoms with E-state index < -0.39 is 17.9 Å². The van der Waals surface area contributed by atoms with E-state index in [1.807, 2.05) is 0 Å². The Balaban J connectivity index is 2.93. The van der Waals surface area contributed by atoms with Crippen molar-refractivity contribution >= 4 is 17.5 Å².